The summed E-state index contributed by atoms with van der Waals surface area (Å²) in [5.74, 6) is 0.702. The molecule has 4 rings (SSSR count). The van der Waals surface area contributed by atoms with Gasteiger partial charge < -0.3 is 9.47 Å². The molecular formula is C18H22ClN5O3S. The third-order valence-corrected chi connectivity index (χ3v) is 7.24. The minimum absolute atomic E-state index is 0.0301. The Hall–Kier alpha value is -1.97. The molecule has 2 fully saturated rings. The first-order valence-electron chi connectivity index (χ1n) is 8.99. The molecule has 2 aliphatic rings. The van der Waals surface area contributed by atoms with Crippen LogP contribution in [0.3, 0.4) is 0 Å². The fourth-order valence-electron chi connectivity index (χ4n) is 4.24. The van der Waals surface area contributed by atoms with E-state index in [1.54, 1.807) is 23.4 Å². The van der Waals surface area contributed by atoms with Crippen molar-refractivity contribution in [3.05, 3.63) is 47.0 Å². The molecule has 1 aromatic carbocycles. The number of nitrogens with zero attached hydrogens (tertiary/aromatic N) is 5. The maximum absolute atomic E-state index is 12.7. The molecule has 1 atom stereocenters. The number of hydrogen-bond acceptors (Lipinski definition) is 5. The van der Waals surface area contributed by atoms with Crippen molar-refractivity contribution in [1.29, 1.82) is 0 Å². The van der Waals surface area contributed by atoms with Gasteiger partial charge >= 0.3 is 0 Å². The minimum Gasteiger partial charge on any atom is -0.341 e. The first-order chi connectivity index (χ1) is 13.2. The van der Waals surface area contributed by atoms with Gasteiger partial charge in [0.25, 0.3) is 0 Å². The number of halogens is 1. The summed E-state index contributed by atoms with van der Waals surface area (Å²) in [6.45, 7) is 1.80. The van der Waals surface area contributed by atoms with Crippen LogP contribution in [0.5, 0.6) is 0 Å². The number of aryl methyl sites for hydroxylation is 1. The molecule has 0 N–H and O–H groups in total. The van der Waals surface area contributed by atoms with Crippen molar-refractivity contribution in [3.63, 3.8) is 0 Å². The van der Waals surface area contributed by atoms with Gasteiger partial charge in [-0.25, -0.2) is 12.7 Å². The molecule has 1 amide bonds. The predicted molar refractivity (Wildman–Crippen MR) is 104 cm³/mol. The van der Waals surface area contributed by atoms with Crippen LogP contribution in [0.1, 0.15) is 17.3 Å². The zero-order valence-electron chi connectivity index (χ0n) is 15.7. The van der Waals surface area contributed by atoms with Gasteiger partial charge in [0.15, 0.2) is 0 Å². The van der Waals surface area contributed by atoms with Gasteiger partial charge in [-0.05, 0) is 17.7 Å². The summed E-state index contributed by atoms with van der Waals surface area (Å²) in [4.78, 5) is 14.5. The van der Waals surface area contributed by atoms with Crippen molar-refractivity contribution in [2.75, 3.05) is 32.4 Å². The lowest BCUT2D eigenvalue weighted by atomic mass is 9.71. The monoisotopic (exact) mass is 423 g/mol. The third-order valence-electron chi connectivity index (χ3n) is 5.78. The molecule has 2 aliphatic heterocycles. The molecule has 3 heterocycles. The van der Waals surface area contributed by atoms with Crippen LogP contribution in [0.15, 0.2) is 30.6 Å². The topological polar surface area (TPSA) is 88.4 Å². The van der Waals surface area contributed by atoms with E-state index in [2.05, 4.69) is 10.2 Å². The van der Waals surface area contributed by atoms with Gasteiger partial charge in [0.2, 0.25) is 15.9 Å². The Bertz CT molecular complexity index is 998. The van der Waals surface area contributed by atoms with Crippen LogP contribution in [0, 0.1) is 5.41 Å². The first-order valence-corrected chi connectivity index (χ1v) is 11.2. The molecule has 0 aliphatic carbocycles. The molecule has 0 radical (unpaired) electrons. The molecule has 1 aromatic heterocycles. The average molecular weight is 424 g/mol. The summed E-state index contributed by atoms with van der Waals surface area (Å²) in [6, 6.07) is 7.23. The van der Waals surface area contributed by atoms with E-state index in [1.807, 2.05) is 23.7 Å². The van der Waals surface area contributed by atoms with Gasteiger partial charge in [0.05, 0.1) is 12.7 Å². The molecule has 1 unspecified atom stereocenters. The van der Waals surface area contributed by atoms with Gasteiger partial charge in [-0.3, -0.25) is 4.79 Å². The highest BCUT2D eigenvalue weighted by atomic mass is 35.5. The Kier molecular flexibility index (Phi) is 4.71. The number of likely N-dealkylation sites (tertiary alicyclic amines) is 1. The standard InChI is InChI=1S/C18H22ClN5O3S/c1-22-12-20-21-17(22)15-8-24(28(2,26)27)11-18(15)9-23(10-18)16(25)7-13-3-5-14(19)6-4-13/h3-6,12,15H,7-11H2,1-2H3. The third kappa shape index (κ3) is 3.42. The van der Waals surface area contributed by atoms with E-state index >= 15 is 0 Å². The van der Waals surface area contributed by atoms with Gasteiger partial charge in [-0.1, -0.05) is 23.7 Å². The maximum Gasteiger partial charge on any atom is 0.227 e. The SMILES string of the molecule is Cn1cnnc1C1CN(S(C)(=O)=O)CC12CN(C(=O)Cc1ccc(Cl)cc1)C2. The summed E-state index contributed by atoms with van der Waals surface area (Å²) < 4.78 is 27.6. The molecule has 1 spiro atoms. The van der Waals surface area contributed by atoms with Crippen molar-refractivity contribution < 1.29 is 13.2 Å². The van der Waals surface area contributed by atoms with E-state index in [0.717, 1.165) is 11.4 Å². The van der Waals surface area contributed by atoms with Crippen molar-refractivity contribution in [2.45, 2.75) is 12.3 Å². The molecule has 0 bridgehead atoms. The number of sulfonamides is 1. The summed E-state index contributed by atoms with van der Waals surface area (Å²) in [6.07, 6.45) is 3.15. The zero-order valence-corrected chi connectivity index (χ0v) is 17.3. The summed E-state index contributed by atoms with van der Waals surface area (Å²) in [5, 5.41) is 8.80. The minimum atomic E-state index is -3.32. The molecular weight excluding hydrogens is 402 g/mol. The van der Waals surface area contributed by atoms with Crippen LogP contribution in [0.4, 0.5) is 0 Å². The Labute approximate surface area is 169 Å². The maximum atomic E-state index is 12.7. The molecule has 2 aromatic rings. The summed E-state index contributed by atoms with van der Waals surface area (Å²) >= 11 is 5.90. The Morgan fingerprint density at radius 2 is 1.93 bits per heavy atom. The molecule has 28 heavy (non-hydrogen) atoms. The quantitative estimate of drug-likeness (QED) is 0.729. The number of hydrogen-bond donors (Lipinski definition) is 0. The van der Waals surface area contributed by atoms with Crippen molar-refractivity contribution in [1.82, 2.24) is 24.0 Å². The van der Waals surface area contributed by atoms with Gasteiger partial charge in [-0.2, -0.15) is 0 Å². The number of amides is 1. The second kappa shape index (κ2) is 6.82. The second-order valence-corrected chi connectivity index (χ2v) is 10.2. The number of rotatable bonds is 4. The van der Waals surface area contributed by atoms with Crippen LogP contribution in [0.2, 0.25) is 5.02 Å². The highest BCUT2D eigenvalue weighted by Gasteiger charge is 2.58. The van der Waals surface area contributed by atoms with Crippen LogP contribution < -0.4 is 0 Å². The lowest BCUT2D eigenvalue weighted by Crippen LogP contribution is -2.62. The molecule has 10 heteroatoms. The van der Waals surface area contributed by atoms with E-state index in [4.69, 9.17) is 11.6 Å². The Balaban J connectivity index is 1.51. The van der Waals surface area contributed by atoms with Crippen LogP contribution in [0.25, 0.3) is 0 Å². The summed E-state index contributed by atoms with van der Waals surface area (Å²) in [5.41, 5.74) is 0.587. The Morgan fingerprint density at radius 3 is 2.50 bits per heavy atom. The largest absolute Gasteiger partial charge is 0.341 e. The van der Waals surface area contributed by atoms with Gasteiger partial charge in [-0.15, -0.1) is 10.2 Å². The van der Waals surface area contributed by atoms with E-state index in [-0.39, 0.29) is 17.2 Å². The predicted octanol–water partition coefficient (Wildman–Crippen LogP) is 0.899. The van der Waals surface area contributed by atoms with Crippen LogP contribution in [-0.2, 0) is 28.3 Å². The van der Waals surface area contributed by atoms with Gasteiger partial charge in [0, 0.05) is 49.6 Å². The molecule has 0 saturated carbocycles. The number of benzene rings is 1. The van der Waals surface area contributed by atoms with Crippen molar-refractivity contribution >= 4 is 27.5 Å². The second-order valence-electron chi connectivity index (χ2n) is 7.82. The highest BCUT2D eigenvalue weighted by molar-refractivity contribution is 7.88. The highest BCUT2D eigenvalue weighted by Crippen LogP contribution is 2.49. The van der Waals surface area contributed by atoms with Crippen LogP contribution in [-0.4, -0.2) is 70.7 Å². The van der Waals surface area contributed by atoms with Crippen molar-refractivity contribution in [3.8, 4) is 0 Å². The zero-order chi connectivity index (χ0) is 20.1. The molecule has 2 saturated heterocycles. The molecule has 8 nitrogen and oxygen atoms in total. The van der Waals surface area contributed by atoms with E-state index in [9.17, 15) is 13.2 Å². The number of carbonyl (C=O) groups is 1. The lowest BCUT2D eigenvalue weighted by molar-refractivity contribution is -0.142. The van der Waals surface area contributed by atoms with Gasteiger partial charge in [0.1, 0.15) is 12.2 Å². The lowest BCUT2D eigenvalue weighted by Gasteiger charge is -2.50. The average Bonchev–Trinajstić information content (AvgIpc) is 3.18. The van der Waals surface area contributed by atoms with E-state index < -0.39 is 10.0 Å². The smallest absolute Gasteiger partial charge is 0.227 e. The van der Waals surface area contributed by atoms with E-state index in [0.29, 0.717) is 37.6 Å². The van der Waals surface area contributed by atoms with Crippen LogP contribution >= 0.6 is 11.6 Å². The fraction of sp³-hybridized carbons (Fsp3) is 0.500. The number of aromatic nitrogens is 3. The van der Waals surface area contributed by atoms with Crippen molar-refractivity contribution in [2.24, 2.45) is 12.5 Å². The Morgan fingerprint density at radius 1 is 1.25 bits per heavy atom. The number of carbonyl (C=O) groups excluding carboxylic acids is 1. The first kappa shape index (κ1) is 19.4. The fourth-order valence-corrected chi connectivity index (χ4v) is 5.28. The summed E-state index contributed by atoms with van der Waals surface area (Å²) in [7, 11) is -1.46. The molecule has 150 valence electrons. The van der Waals surface area contributed by atoms with E-state index in [1.165, 1.54) is 10.6 Å². The normalized spacial score (nSPS) is 21.8.